The lowest BCUT2D eigenvalue weighted by Gasteiger charge is -2.29. The SMILES string of the molecule is CC(C)C1CCCN1C(=O)C1CC(O)CN1. The summed E-state index contributed by atoms with van der Waals surface area (Å²) < 4.78 is 0. The summed E-state index contributed by atoms with van der Waals surface area (Å²) in [6, 6.07) is 0.237. The second-order valence-corrected chi connectivity index (χ2v) is 5.34. The van der Waals surface area contributed by atoms with Gasteiger partial charge in [-0.05, 0) is 25.2 Å². The first-order valence-electron chi connectivity index (χ1n) is 6.31. The molecule has 1 amide bonds. The standard InChI is InChI=1S/C12H22N2O2/c1-8(2)11-4-3-5-14(11)12(16)10-6-9(15)7-13-10/h8-11,13,15H,3-7H2,1-2H3. The van der Waals surface area contributed by atoms with Crippen molar-refractivity contribution in [1.29, 1.82) is 0 Å². The zero-order chi connectivity index (χ0) is 11.7. The summed E-state index contributed by atoms with van der Waals surface area (Å²) in [6.45, 7) is 5.78. The third-order valence-corrected chi connectivity index (χ3v) is 3.76. The topological polar surface area (TPSA) is 52.6 Å². The van der Waals surface area contributed by atoms with Gasteiger partial charge in [-0.25, -0.2) is 0 Å². The highest BCUT2D eigenvalue weighted by Crippen LogP contribution is 2.25. The van der Waals surface area contributed by atoms with Gasteiger partial charge in [-0.3, -0.25) is 4.79 Å². The number of nitrogens with zero attached hydrogens (tertiary/aromatic N) is 1. The Kier molecular flexibility index (Phi) is 3.50. The summed E-state index contributed by atoms with van der Waals surface area (Å²) in [5, 5.41) is 12.5. The molecular weight excluding hydrogens is 204 g/mol. The van der Waals surface area contributed by atoms with Crippen LogP contribution in [0.4, 0.5) is 0 Å². The predicted octanol–water partition coefficient (Wildman–Crippen LogP) is 0.356. The summed E-state index contributed by atoms with van der Waals surface area (Å²) in [5.41, 5.74) is 0. The molecule has 4 nitrogen and oxygen atoms in total. The van der Waals surface area contributed by atoms with Crippen LogP contribution in [0.15, 0.2) is 0 Å². The molecule has 2 rings (SSSR count). The van der Waals surface area contributed by atoms with E-state index in [1.54, 1.807) is 0 Å². The minimum atomic E-state index is -0.353. The van der Waals surface area contributed by atoms with Crippen molar-refractivity contribution in [2.24, 2.45) is 5.92 Å². The van der Waals surface area contributed by atoms with Gasteiger partial charge in [0.15, 0.2) is 0 Å². The Balaban J connectivity index is 1.98. The van der Waals surface area contributed by atoms with Crippen LogP contribution in [0, 0.1) is 5.92 Å². The molecular formula is C12H22N2O2. The smallest absolute Gasteiger partial charge is 0.240 e. The molecule has 3 unspecified atom stereocenters. The number of carbonyl (C=O) groups excluding carboxylic acids is 1. The van der Waals surface area contributed by atoms with E-state index in [-0.39, 0.29) is 18.1 Å². The molecule has 2 aliphatic rings. The van der Waals surface area contributed by atoms with E-state index in [9.17, 15) is 9.90 Å². The quantitative estimate of drug-likeness (QED) is 0.714. The largest absolute Gasteiger partial charge is 0.392 e. The third kappa shape index (κ3) is 2.23. The number of hydrogen-bond donors (Lipinski definition) is 2. The Labute approximate surface area is 97.0 Å². The van der Waals surface area contributed by atoms with Crippen molar-refractivity contribution in [3.05, 3.63) is 0 Å². The number of carbonyl (C=O) groups is 1. The van der Waals surface area contributed by atoms with Crippen molar-refractivity contribution in [3.63, 3.8) is 0 Å². The minimum absolute atomic E-state index is 0.158. The van der Waals surface area contributed by atoms with E-state index in [0.29, 0.717) is 24.9 Å². The fourth-order valence-electron chi connectivity index (χ4n) is 2.86. The Hall–Kier alpha value is -0.610. The third-order valence-electron chi connectivity index (χ3n) is 3.76. The number of β-amino-alcohol motifs (C(OH)–C–C–N with tert-alkyl or cyclic N) is 1. The molecule has 92 valence electrons. The lowest BCUT2D eigenvalue weighted by Crippen LogP contribution is -2.47. The number of likely N-dealkylation sites (tertiary alicyclic amines) is 1. The van der Waals surface area contributed by atoms with Gasteiger partial charge >= 0.3 is 0 Å². The number of amides is 1. The fourth-order valence-corrected chi connectivity index (χ4v) is 2.86. The molecule has 2 N–H and O–H groups in total. The monoisotopic (exact) mass is 226 g/mol. The molecule has 0 aromatic carbocycles. The molecule has 16 heavy (non-hydrogen) atoms. The van der Waals surface area contributed by atoms with E-state index in [0.717, 1.165) is 19.4 Å². The predicted molar refractivity (Wildman–Crippen MR) is 62.0 cm³/mol. The first-order valence-corrected chi connectivity index (χ1v) is 6.31. The maximum atomic E-state index is 12.3. The Morgan fingerprint density at radius 3 is 2.81 bits per heavy atom. The molecule has 4 heteroatoms. The highest BCUT2D eigenvalue weighted by Gasteiger charge is 2.37. The Morgan fingerprint density at radius 2 is 2.25 bits per heavy atom. The van der Waals surface area contributed by atoms with Crippen LogP contribution < -0.4 is 5.32 Å². The molecule has 0 aliphatic carbocycles. The highest BCUT2D eigenvalue weighted by atomic mass is 16.3. The fraction of sp³-hybridized carbons (Fsp3) is 0.917. The molecule has 0 spiro atoms. The van der Waals surface area contributed by atoms with E-state index in [2.05, 4.69) is 19.2 Å². The van der Waals surface area contributed by atoms with Crippen LogP contribution in [-0.4, -0.2) is 47.2 Å². The number of aliphatic hydroxyl groups is 1. The molecule has 2 saturated heterocycles. The van der Waals surface area contributed by atoms with Crippen LogP contribution in [0.5, 0.6) is 0 Å². The summed E-state index contributed by atoms with van der Waals surface area (Å²) >= 11 is 0. The van der Waals surface area contributed by atoms with Gasteiger partial charge in [0.1, 0.15) is 0 Å². The summed E-state index contributed by atoms with van der Waals surface area (Å²) in [4.78, 5) is 14.3. The average Bonchev–Trinajstić information content (AvgIpc) is 2.84. The van der Waals surface area contributed by atoms with E-state index in [1.807, 2.05) is 4.90 Å². The molecule has 3 atom stereocenters. The van der Waals surface area contributed by atoms with Crippen molar-refractivity contribution in [2.75, 3.05) is 13.1 Å². The van der Waals surface area contributed by atoms with Gasteiger partial charge in [-0.2, -0.15) is 0 Å². The summed E-state index contributed by atoms with van der Waals surface area (Å²) in [6.07, 6.45) is 2.46. The highest BCUT2D eigenvalue weighted by molar-refractivity contribution is 5.82. The lowest BCUT2D eigenvalue weighted by molar-refractivity contribution is -0.134. The van der Waals surface area contributed by atoms with Crippen molar-refractivity contribution in [3.8, 4) is 0 Å². The van der Waals surface area contributed by atoms with Crippen molar-refractivity contribution >= 4 is 5.91 Å². The van der Waals surface area contributed by atoms with E-state index in [1.165, 1.54) is 0 Å². The van der Waals surface area contributed by atoms with E-state index < -0.39 is 0 Å². The maximum Gasteiger partial charge on any atom is 0.240 e. The lowest BCUT2D eigenvalue weighted by atomic mass is 10.0. The van der Waals surface area contributed by atoms with Crippen LogP contribution in [0.2, 0.25) is 0 Å². The zero-order valence-electron chi connectivity index (χ0n) is 10.1. The molecule has 2 aliphatic heterocycles. The van der Waals surface area contributed by atoms with Crippen LogP contribution in [0.3, 0.4) is 0 Å². The van der Waals surface area contributed by atoms with E-state index >= 15 is 0 Å². The van der Waals surface area contributed by atoms with Gasteiger partial charge in [0, 0.05) is 19.1 Å². The zero-order valence-corrected chi connectivity index (χ0v) is 10.1. The van der Waals surface area contributed by atoms with Crippen LogP contribution in [-0.2, 0) is 4.79 Å². The Bertz CT molecular complexity index is 268. The van der Waals surface area contributed by atoms with Gasteiger partial charge in [0.25, 0.3) is 0 Å². The normalized spacial score (nSPS) is 35.0. The Morgan fingerprint density at radius 1 is 1.50 bits per heavy atom. The second kappa shape index (κ2) is 4.72. The number of rotatable bonds is 2. The molecule has 2 fully saturated rings. The van der Waals surface area contributed by atoms with Crippen molar-refractivity contribution in [1.82, 2.24) is 10.2 Å². The average molecular weight is 226 g/mol. The molecule has 0 radical (unpaired) electrons. The van der Waals surface area contributed by atoms with Gasteiger partial charge in [0.2, 0.25) is 5.91 Å². The number of aliphatic hydroxyl groups excluding tert-OH is 1. The number of nitrogens with one attached hydrogen (secondary N) is 1. The van der Waals surface area contributed by atoms with Crippen LogP contribution >= 0.6 is 0 Å². The molecule has 0 saturated carbocycles. The molecule has 2 heterocycles. The van der Waals surface area contributed by atoms with Gasteiger partial charge in [-0.1, -0.05) is 13.8 Å². The first kappa shape index (κ1) is 11.9. The van der Waals surface area contributed by atoms with Crippen molar-refractivity contribution in [2.45, 2.75) is 51.3 Å². The van der Waals surface area contributed by atoms with Crippen molar-refractivity contribution < 1.29 is 9.90 Å². The maximum absolute atomic E-state index is 12.3. The van der Waals surface area contributed by atoms with Crippen LogP contribution in [0.25, 0.3) is 0 Å². The van der Waals surface area contributed by atoms with Gasteiger partial charge in [-0.15, -0.1) is 0 Å². The second-order valence-electron chi connectivity index (χ2n) is 5.34. The van der Waals surface area contributed by atoms with Gasteiger partial charge < -0.3 is 15.3 Å². The molecule has 0 aromatic heterocycles. The molecule has 0 aromatic rings. The van der Waals surface area contributed by atoms with Gasteiger partial charge in [0.05, 0.1) is 12.1 Å². The minimum Gasteiger partial charge on any atom is -0.392 e. The van der Waals surface area contributed by atoms with E-state index in [4.69, 9.17) is 0 Å². The summed E-state index contributed by atoms with van der Waals surface area (Å²) in [5.74, 6) is 0.713. The summed E-state index contributed by atoms with van der Waals surface area (Å²) in [7, 11) is 0. The molecule has 0 bridgehead atoms. The first-order chi connectivity index (χ1) is 7.59. The number of hydrogen-bond acceptors (Lipinski definition) is 3. The van der Waals surface area contributed by atoms with Crippen LogP contribution in [0.1, 0.15) is 33.1 Å².